The number of halogens is 1. The van der Waals surface area contributed by atoms with Gasteiger partial charge in [-0.2, -0.15) is 0 Å². The van der Waals surface area contributed by atoms with E-state index in [4.69, 9.17) is 11.6 Å². The largest absolute Gasteiger partial charge is 0.312 e. The summed E-state index contributed by atoms with van der Waals surface area (Å²) in [6.07, 6.45) is 2.45. The van der Waals surface area contributed by atoms with Gasteiger partial charge in [-0.15, -0.1) is 0 Å². The van der Waals surface area contributed by atoms with Crippen molar-refractivity contribution in [1.29, 1.82) is 0 Å². The van der Waals surface area contributed by atoms with Gasteiger partial charge in [-0.3, -0.25) is 10.1 Å². The monoisotopic (exact) mass is 311 g/mol. The maximum absolute atomic E-state index is 10.9. The molecule has 0 bridgehead atoms. The van der Waals surface area contributed by atoms with Crippen LogP contribution >= 0.6 is 11.6 Å². The van der Waals surface area contributed by atoms with E-state index in [0.717, 1.165) is 18.7 Å². The van der Waals surface area contributed by atoms with Crippen LogP contribution in [0.1, 0.15) is 25.3 Å². The van der Waals surface area contributed by atoms with Crippen LogP contribution in [-0.2, 0) is 6.54 Å². The maximum Gasteiger partial charge on any atom is 0.288 e. The van der Waals surface area contributed by atoms with Gasteiger partial charge < -0.3 is 10.2 Å². The smallest absolute Gasteiger partial charge is 0.288 e. The molecule has 1 aromatic rings. The zero-order chi connectivity index (χ0) is 15.2. The van der Waals surface area contributed by atoms with E-state index in [1.165, 1.54) is 25.9 Å². The van der Waals surface area contributed by atoms with Crippen LogP contribution in [0.15, 0.2) is 18.2 Å². The topological polar surface area (TPSA) is 58.4 Å². The maximum atomic E-state index is 10.9. The lowest BCUT2D eigenvalue weighted by molar-refractivity contribution is -0.384. The first-order valence-electron chi connectivity index (χ1n) is 7.46. The van der Waals surface area contributed by atoms with E-state index in [1.54, 1.807) is 12.1 Å². The van der Waals surface area contributed by atoms with Crippen molar-refractivity contribution in [3.8, 4) is 0 Å². The Kier molecular flexibility index (Phi) is 5.96. The molecule has 5 nitrogen and oxygen atoms in total. The van der Waals surface area contributed by atoms with Gasteiger partial charge in [-0.25, -0.2) is 0 Å². The van der Waals surface area contributed by atoms with Crippen molar-refractivity contribution in [2.75, 3.05) is 26.2 Å². The molecule has 1 fully saturated rings. The van der Waals surface area contributed by atoms with E-state index < -0.39 is 4.92 Å². The molecule has 116 valence electrons. The summed E-state index contributed by atoms with van der Waals surface area (Å²) in [5.74, 6) is 0.704. The van der Waals surface area contributed by atoms with Gasteiger partial charge in [0.05, 0.1) is 4.92 Å². The molecule has 0 saturated carbocycles. The molecule has 1 aliphatic rings. The Morgan fingerprint density at radius 3 is 2.76 bits per heavy atom. The van der Waals surface area contributed by atoms with Crippen molar-refractivity contribution < 1.29 is 4.92 Å². The highest BCUT2D eigenvalue weighted by atomic mass is 35.5. The molecule has 1 saturated heterocycles. The van der Waals surface area contributed by atoms with Crippen molar-refractivity contribution >= 4 is 17.3 Å². The fourth-order valence-corrected chi connectivity index (χ4v) is 2.92. The zero-order valence-electron chi connectivity index (χ0n) is 12.3. The van der Waals surface area contributed by atoms with Gasteiger partial charge >= 0.3 is 0 Å². The molecule has 21 heavy (non-hydrogen) atoms. The second-order valence-corrected chi connectivity index (χ2v) is 5.96. The summed E-state index contributed by atoms with van der Waals surface area (Å²) in [6, 6.07) is 4.98. The number of nitro benzene ring substituents is 1. The van der Waals surface area contributed by atoms with Crippen LogP contribution in [0.3, 0.4) is 0 Å². The Bertz CT molecular complexity index is 488. The molecule has 0 aliphatic carbocycles. The molecule has 6 heteroatoms. The number of hydrogen-bond acceptors (Lipinski definition) is 4. The molecular formula is C15H22ClN3O2. The van der Waals surface area contributed by atoms with Gasteiger partial charge in [-0.05, 0) is 56.6 Å². The number of rotatable bonds is 6. The first-order valence-corrected chi connectivity index (χ1v) is 7.83. The number of hydrogen-bond donors (Lipinski definition) is 1. The van der Waals surface area contributed by atoms with Crippen molar-refractivity contribution in [3.05, 3.63) is 38.9 Å². The molecule has 1 N–H and O–H groups in total. The standard InChI is InChI=1S/C15H22ClN3O2/c1-2-18-7-5-12(6-8-18)10-17-11-13-3-4-14(16)15(9-13)19(20)21/h3-4,9,12,17H,2,5-8,10-11H2,1H3. The van der Waals surface area contributed by atoms with Crippen molar-refractivity contribution in [2.24, 2.45) is 5.92 Å². The second kappa shape index (κ2) is 7.73. The minimum Gasteiger partial charge on any atom is -0.312 e. The number of piperidine rings is 1. The molecule has 0 radical (unpaired) electrons. The summed E-state index contributed by atoms with van der Waals surface area (Å²) >= 11 is 5.81. The van der Waals surface area contributed by atoms with Crippen molar-refractivity contribution in [1.82, 2.24) is 10.2 Å². The summed E-state index contributed by atoms with van der Waals surface area (Å²) in [4.78, 5) is 12.9. The lowest BCUT2D eigenvalue weighted by atomic mass is 9.97. The fourth-order valence-electron chi connectivity index (χ4n) is 2.74. The van der Waals surface area contributed by atoms with Gasteiger partial charge in [0, 0.05) is 12.6 Å². The molecular weight excluding hydrogens is 290 g/mol. The second-order valence-electron chi connectivity index (χ2n) is 5.55. The van der Waals surface area contributed by atoms with E-state index in [-0.39, 0.29) is 10.7 Å². The van der Waals surface area contributed by atoms with Gasteiger partial charge in [0.1, 0.15) is 5.02 Å². The molecule has 0 atom stereocenters. The third-order valence-corrected chi connectivity index (χ3v) is 4.44. The molecule has 2 rings (SSSR count). The van der Waals surface area contributed by atoms with E-state index >= 15 is 0 Å². The van der Waals surface area contributed by atoms with E-state index in [1.807, 2.05) is 6.07 Å². The zero-order valence-corrected chi connectivity index (χ0v) is 13.1. The highest BCUT2D eigenvalue weighted by molar-refractivity contribution is 6.32. The van der Waals surface area contributed by atoms with Crippen LogP contribution in [0, 0.1) is 16.0 Å². The molecule has 1 heterocycles. The lowest BCUT2D eigenvalue weighted by Gasteiger charge is -2.31. The average Bonchev–Trinajstić information content (AvgIpc) is 2.49. The number of likely N-dealkylation sites (tertiary alicyclic amines) is 1. The van der Waals surface area contributed by atoms with Gasteiger partial charge in [0.15, 0.2) is 0 Å². The Morgan fingerprint density at radius 2 is 2.14 bits per heavy atom. The summed E-state index contributed by atoms with van der Waals surface area (Å²) in [5.41, 5.74) is 0.879. The third-order valence-electron chi connectivity index (χ3n) is 4.12. The predicted octanol–water partition coefficient (Wildman–Crippen LogP) is 3.07. The number of nitrogens with zero attached hydrogens (tertiary/aromatic N) is 2. The van der Waals surface area contributed by atoms with Gasteiger partial charge in [-0.1, -0.05) is 24.6 Å². The van der Waals surface area contributed by atoms with E-state index in [0.29, 0.717) is 12.5 Å². The van der Waals surface area contributed by atoms with Crippen LogP contribution in [0.4, 0.5) is 5.69 Å². The third kappa shape index (κ3) is 4.66. The summed E-state index contributed by atoms with van der Waals surface area (Å²) in [6.45, 7) is 7.30. The molecule has 1 aromatic carbocycles. The molecule has 0 spiro atoms. The summed E-state index contributed by atoms with van der Waals surface area (Å²) in [7, 11) is 0. The van der Waals surface area contributed by atoms with Gasteiger partial charge in [0.2, 0.25) is 0 Å². The van der Waals surface area contributed by atoms with Crippen LogP contribution in [0.25, 0.3) is 0 Å². The first-order chi connectivity index (χ1) is 10.1. The van der Waals surface area contributed by atoms with Crippen LogP contribution in [0.2, 0.25) is 5.02 Å². The lowest BCUT2D eigenvalue weighted by Crippen LogP contribution is -2.36. The Labute approximate surface area is 130 Å². The Balaban J connectivity index is 1.79. The molecule has 1 aliphatic heterocycles. The van der Waals surface area contributed by atoms with E-state index in [9.17, 15) is 10.1 Å². The quantitative estimate of drug-likeness (QED) is 0.648. The molecule has 0 aromatic heterocycles. The van der Waals surface area contributed by atoms with Crippen LogP contribution in [-0.4, -0.2) is 36.0 Å². The molecule has 0 unspecified atom stereocenters. The Morgan fingerprint density at radius 1 is 1.43 bits per heavy atom. The van der Waals surface area contributed by atoms with Crippen molar-refractivity contribution in [3.63, 3.8) is 0 Å². The Hall–Kier alpha value is -1.17. The fraction of sp³-hybridized carbons (Fsp3) is 0.600. The number of nitrogens with one attached hydrogen (secondary N) is 1. The predicted molar refractivity (Wildman–Crippen MR) is 84.7 cm³/mol. The minimum atomic E-state index is -0.438. The number of nitro groups is 1. The SMILES string of the molecule is CCN1CCC(CNCc2ccc(Cl)c([N+](=O)[O-])c2)CC1. The highest BCUT2D eigenvalue weighted by Crippen LogP contribution is 2.25. The highest BCUT2D eigenvalue weighted by Gasteiger charge is 2.18. The average molecular weight is 312 g/mol. The van der Waals surface area contributed by atoms with Crippen LogP contribution < -0.4 is 5.32 Å². The van der Waals surface area contributed by atoms with Gasteiger partial charge in [0.25, 0.3) is 5.69 Å². The first kappa shape index (κ1) is 16.2. The normalized spacial score (nSPS) is 17.0. The number of benzene rings is 1. The summed E-state index contributed by atoms with van der Waals surface area (Å²) in [5, 5.41) is 14.4. The van der Waals surface area contributed by atoms with Crippen molar-refractivity contribution in [2.45, 2.75) is 26.3 Å². The minimum absolute atomic E-state index is 0.0211. The van der Waals surface area contributed by atoms with E-state index in [2.05, 4.69) is 17.1 Å². The van der Waals surface area contributed by atoms with Crippen LogP contribution in [0.5, 0.6) is 0 Å². The summed E-state index contributed by atoms with van der Waals surface area (Å²) < 4.78 is 0. The molecule has 0 amide bonds.